The van der Waals surface area contributed by atoms with Crippen molar-refractivity contribution in [2.45, 2.75) is 70.4 Å². The summed E-state index contributed by atoms with van der Waals surface area (Å²) in [6.45, 7) is 2.35. The molecule has 2 saturated carbocycles. The topological polar surface area (TPSA) is 52.0 Å². The van der Waals surface area contributed by atoms with Crippen molar-refractivity contribution in [1.29, 1.82) is 0 Å². The Morgan fingerprint density at radius 2 is 1.44 bits per heavy atom. The minimum Gasteiger partial charge on any atom is -0.313 e. The van der Waals surface area contributed by atoms with Gasteiger partial charge in [0.2, 0.25) is 0 Å². The molecular weight excluding hydrogens is 196 g/mol. The van der Waals surface area contributed by atoms with E-state index in [4.69, 9.17) is 11.5 Å². The fourth-order valence-electron chi connectivity index (χ4n) is 3.82. The second-order valence-electron chi connectivity index (χ2n) is 6.30. The lowest BCUT2D eigenvalue weighted by atomic mass is 9.68. The molecule has 0 spiro atoms. The molecule has 2 atom stereocenters. The van der Waals surface area contributed by atoms with Gasteiger partial charge in [0.25, 0.3) is 0 Å². The maximum absolute atomic E-state index is 6.51. The van der Waals surface area contributed by atoms with E-state index in [1.165, 1.54) is 57.8 Å². The molecule has 2 heteroatoms. The van der Waals surface area contributed by atoms with Crippen LogP contribution in [0.3, 0.4) is 0 Å². The molecule has 0 amide bonds. The Labute approximate surface area is 100 Å². The first-order valence-electron chi connectivity index (χ1n) is 7.18. The molecule has 0 aromatic heterocycles. The highest BCUT2D eigenvalue weighted by Crippen LogP contribution is 2.40. The van der Waals surface area contributed by atoms with Crippen molar-refractivity contribution in [3.05, 3.63) is 0 Å². The summed E-state index contributed by atoms with van der Waals surface area (Å²) in [5.74, 6) is 1.98. The largest absolute Gasteiger partial charge is 0.313 e. The van der Waals surface area contributed by atoms with E-state index in [1.54, 1.807) is 0 Å². The minimum atomic E-state index is -0.380. The van der Waals surface area contributed by atoms with Crippen LogP contribution in [-0.4, -0.2) is 5.66 Å². The van der Waals surface area contributed by atoms with Crippen LogP contribution in [0, 0.1) is 17.8 Å². The van der Waals surface area contributed by atoms with Gasteiger partial charge in [-0.05, 0) is 43.4 Å². The van der Waals surface area contributed by atoms with Gasteiger partial charge in [-0.15, -0.1) is 0 Å². The second-order valence-corrected chi connectivity index (χ2v) is 6.30. The lowest BCUT2D eigenvalue weighted by Gasteiger charge is -2.45. The zero-order valence-corrected chi connectivity index (χ0v) is 10.8. The predicted molar refractivity (Wildman–Crippen MR) is 68.8 cm³/mol. The molecule has 4 N–H and O–H groups in total. The highest BCUT2D eigenvalue weighted by atomic mass is 15.0. The zero-order chi connectivity index (χ0) is 11.6. The first kappa shape index (κ1) is 12.4. The van der Waals surface area contributed by atoms with Gasteiger partial charge in [0.1, 0.15) is 0 Å². The maximum atomic E-state index is 6.51. The van der Waals surface area contributed by atoms with Crippen LogP contribution in [0.25, 0.3) is 0 Å². The van der Waals surface area contributed by atoms with E-state index in [1.807, 2.05) is 0 Å². The van der Waals surface area contributed by atoms with E-state index >= 15 is 0 Å². The third-order valence-corrected chi connectivity index (χ3v) is 4.96. The average Bonchev–Trinajstić information content (AvgIpc) is 2.30. The summed E-state index contributed by atoms with van der Waals surface area (Å²) in [5.41, 5.74) is 12.6. The molecule has 2 aliphatic carbocycles. The van der Waals surface area contributed by atoms with Gasteiger partial charge < -0.3 is 11.5 Å². The molecular formula is C14H28N2. The summed E-state index contributed by atoms with van der Waals surface area (Å²) in [6.07, 6.45) is 11.8. The van der Waals surface area contributed by atoms with Gasteiger partial charge in [-0.2, -0.15) is 0 Å². The summed E-state index contributed by atoms with van der Waals surface area (Å²) in [4.78, 5) is 0. The molecule has 94 valence electrons. The molecule has 2 rings (SSSR count). The average molecular weight is 224 g/mol. The van der Waals surface area contributed by atoms with Crippen LogP contribution in [0.4, 0.5) is 0 Å². The number of rotatable bonds is 2. The van der Waals surface area contributed by atoms with Crippen molar-refractivity contribution in [3.8, 4) is 0 Å². The van der Waals surface area contributed by atoms with Crippen LogP contribution >= 0.6 is 0 Å². The summed E-state index contributed by atoms with van der Waals surface area (Å²) < 4.78 is 0. The molecule has 2 fully saturated rings. The maximum Gasteiger partial charge on any atom is 0.0694 e. The summed E-state index contributed by atoms with van der Waals surface area (Å²) in [6, 6.07) is 0. The SMILES string of the molecule is CC1CCCC(C(N)(N)C2CCCCC2)C1. The van der Waals surface area contributed by atoms with Crippen LogP contribution in [0.2, 0.25) is 0 Å². The minimum absolute atomic E-state index is 0.380. The Morgan fingerprint density at radius 1 is 0.812 bits per heavy atom. The van der Waals surface area contributed by atoms with Gasteiger partial charge in [0, 0.05) is 0 Å². The molecule has 0 bridgehead atoms. The molecule has 0 aromatic rings. The molecule has 0 saturated heterocycles. The monoisotopic (exact) mass is 224 g/mol. The van der Waals surface area contributed by atoms with Gasteiger partial charge in [0.05, 0.1) is 5.66 Å². The Kier molecular flexibility index (Phi) is 3.91. The van der Waals surface area contributed by atoms with Crippen molar-refractivity contribution in [2.75, 3.05) is 0 Å². The van der Waals surface area contributed by atoms with E-state index in [9.17, 15) is 0 Å². The fraction of sp³-hybridized carbons (Fsp3) is 1.00. The van der Waals surface area contributed by atoms with Gasteiger partial charge in [-0.25, -0.2) is 0 Å². The quantitative estimate of drug-likeness (QED) is 0.708. The van der Waals surface area contributed by atoms with E-state index in [0.29, 0.717) is 11.8 Å². The number of hydrogen-bond acceptors (Lipinski definition) is 2. The highest BCUT2D eigenvalue weighted by molar-refractivity contribution is 4.94. The summed E-state index contributed by atoms with van der Waals surface area (Å²) >= 11 is 0. The van der Waals surface area contributed by atoms with E-state index in [-0.39, 0.29) is 5.66 Å². The van der Waals surface area contributed by atoms with Gasteiger partial charge in [-0.3, -0.25) is 0 Å². The van der Waals surface area contributed by atoms with Gasteiger partial charge >= 0.3 is 0 Å². The van der Waals surface area contributed by atoms with Crippen molar-refractivity contribution < 1.29 is 0 Å². The molecule has 0 heterocycles. The summed E-state index contributed by atoms with van der Waals surface area (Å²) in [5, 5.41) is 0. The molecule has 0 radical (unpaired) electrons. The molecule has 2 aliphatic rings. The first-order valence-corrected chi connectivity index (χ1v) is 7.18. The number of hydrogen-bond donors (Lipinski definition) is 2. The molecule has 2 nitrogen and oxygen atoms in total. The molecule has 0 aromatic carbocycles. The highest BCUT2D eigenvalue weighted by Gasteiger charge is 2.40. The lowest BCUT2D eigenvalue weighted by molar-refractivity contribution is 0.0949. The van der Waals surface area contributed by atoms with Gasteiger partial charge in [0.15, 0.2) is 0 Å². The van der Waals surface area contributed by atoms with E-state index in [2.05, 4.69) is 6.92 Å². The third-order valence-electron chi connectivity index (χ3n) is 4.96. The normalized spacial score (nSPS) is 33.9. The van der Waals surface area contributed by atoms with Crippen molar-refractivity contribution in [3.63, 3.8) is 0 Å². The van der Waals surface area contributed by atoms with Crippen molar-refractivity contribution in [2.24, 2.45) is 29.2 Å². The standard InChI is InChI=1S/C14H28N2/c1-11-6-5-9-13(10-11)14(15,16)12-7-3-2-4-8-12/h11-13H,2-10,15-16H2,1H3. The van der Waals surface area contributed by atoms with Crippen LogP contribution in [-0.2, 0) is 0 Å². The predicted octanol–water partition coefficient (Wildman–Crippen LogP) is 3.01. The smallest absolute Gasteiger partial charge is 0.0694 e. The molecule has 0 aliphatic heterocycles. The first-order chi connectivity index (χ1) is 7.60. The molecule has 16 heavy (non-hydrogen) atoms. The lowest BCUT2D eigenvalue weighted by Crippen LogP contribution is -2.62. The number of nitrogens with two attached hydrogens (primary N) is 2. The van der Waals surface area contributed by atoms with Crippen LogP contribution in [0.5, 0.6) is 0 Å². The van der Waals surface area contributed by atoms with Gasteiger partial charge in [-0.1, -0.05) is 39.0 Å². The van der Waals surface area contributed by atoms with Crippen LogP contribution in [0.15, 0.2) is 0 Å². The van der Waals surface area contributed by atoms with E-state index in [0.717, 1.165) is 5.92 Å². The Hall–Kier alpha value is -0.0800. The van der Waals surface area contributed by atoms with Crippen molar-refractivity contribution >= 4 is 0 Å². The van der Waals surface area contributed by atoms with Crippen LogP contribution < -0.4 is 11.5 Å². The Bertz CT molecular complexity index is 219. The van der Waals surface area contributed by atoms with Crippen molar-refractivity contribution in [1.82, 2.24) is 0 Å². The Balaban J connectivity index is 1.98. The molecule has 2 unspecified atom stereocenters. The third kappa shape index (κ3) is 2.60. The van der Waals surface area contributed by atoms with E-state index < -0.39 is 0 Å². The summed E-state index contributed by atoms with van der Waals surface area (Å²) in [7, 11) is 0. The Morgan fingerprint density at radius 3 is 2.06 bits per heavy atom. The second kappa shape index (κ2) is 5.05. The fourth-order valence-corrected chi connectivity index (χ4v) is 3.82. The zero-order valence-electron chi connectivity index (χ0n) is 10.8. The van der Waals surface area contributed by atoms with Crippen LogP contribution in [0.1, 0.15) is 64.7 Å².